The van der Waals surface area contributed by atoms with Gasteiger partial charge in [-0.05, 0) is 70.8 Å². The molecule has 0 heterocycles. The van der Waals surface area contributed by atoms with Crippen LogP contribution in [0.3, 0.4) is 0 Å². The Bertz CT molecular complexity index is 537. The van der Waals surface area contributed by atoms with Crippen LogP contribution in [0.4, 0.5) is 0 Å². The highest BCUT2D eigenvalue weighted by Gasteiger charge is 2.08. The summed E-state index contributed by atoms with van der Waals surface area (Å²) in [6, 6.07) is 14.5. The summed E-state index contributed by atoms with van der Waals surface area (Å²) in [5.41, 5.74) is 9.71. The van der Waals surface area contributed by atoms with Gasteiger partial charge in [0.2, 0.25) is 0 Å². The van der Waals surface area contributed by atoms with Crippen LogP contribution in [0.15, 0.2) is 42.5 Å². The molecule has 0 saturated heterocycles. The van der Waals surface area contributed by atoms with Gasteiger partial charge in [0.05, 0.1) is 0 Å². The smallest absolute Gasteiger partial charge is 0.0435 e. The molecule has 18 heavy (non-hydrogen) atoms. The molecule has 0 bridgehead atoms. The molecule has 1 unspecified atom stereocenters. The summed E-state index contributed by atoms with van der Waals surface area (Å²) in [7, 11) is 0. The van der Waals surface area contributed by atoms with Gasteiger partial charge in [-0.3, -0.25) is 0 Å². The lowest BCUT2D eigenvalue weighted by atomic mass is 9.98. The first-order valence-corrected chi connectivity index (χ1v) is 7.28. The van der Waals surface area contributed by atoms with E-state index in [4.69, 9.17) is 17.3 Å². The number of rotatable bonds is 3. The van der Waals surface area contributed by atoms with Crippen LogP contribution in [0.25, 0.3) is 0 Å². The topological polar surface area (TPSA) is 26.0 Å². The highest BCUT2D eigenvalue weighted by molar-refractivity contribution is 14.1. The van der Waals surface area contributed by atoms with Crippen molar-refractivity contribution in [2.75, 3.05) is 0 Å². The largest absolute Gasteiger partial charge is 0.324 e. The van der Waals surface area contributed by atoms with E-state index in [-0.39, 0.29) is 6.04 Å². The molecule has 2 N–H and O–H groups in total. The third-order valence-corrected chi connectivity index (χ3v) is 4.12. The van der Waals surface area contributed by atoms with Crippen LogP contribution in [0.5, 0.6) is 0 Å². The van der Waals surface area contributed by atoms with Crippen LogP contribution in [0.2, 0.25) is 5.02 Å². The van der Waals surface area contributed by atoms with Crippen molar-refractivity contribution in [3.8, 4) is 0 Å². The first-order valence-electron chi connectivity index (χ1n) is 5.82. The molecule has 0 fully saturated rings. The Morgan fingerprint density at radius 3 is 2.44 bits per heavy atom. The molecule has 0 amide bonds. The number of benzene rings is 2. The number of nitrogens with two attached hydrogens (primary N) is 1. The molecule has 94 valence electrons. The predicted octanol–water partition coefficient (Wildman–Crippen LogP) is 4.50. The summed E-state index contributed by atoms with van der Waals surface area (Å²) in [6.45, 7) is 2.00. The molecular weight excluding hydrogens is 357 g/mol. The van der Waals surface area contributed by atoms with Crippen LogP contribution in [0, 0.1) is 10.5 Å². The van der Waals surface area contributed by atoms with Crippen molar-refractivity contribution in [1.29, 1.82) is 0 Å². The van der Waals surface area contributed by atoms with Crippen molar-refractivity contribution in [3.63, 3.8) is 0 Å². The van der Waals surface area contributed by atoms with E-state index in [1.54, 1.807) is 0 Å². The van der Waals surface area contributed by atoms with Crippen molar-refractivity contribution < 1.29 is 0 Å². The van der Waals surface area contributed by atoms with Crippen LogP contribution in [-0.2, 0) is 6.42 Å². The van der Waals surface area contributed by atoms with Gasteiger partial charge < -0.3 is 5.73 Å². The molecule has 0 aliphatic carbocycles. The Morgan fingerprint density at radius 1 is 1.17 bits per heavy atom. The summed E-state index contributed by atoms with van der Waals surface area (Å²) < 4.78 is 1.24. The zero-order valence-electron chi connectivity index (χ0n) is 10.2. The second-order valence-corrected chi connectivity index (χ2v) is 6.10. The molecule has 2 aromatic rings. The summed E-state index contributed by atoms with van der Waals surface area (Å²) in [5, 5.41) is 0.792. The van der Waals surface area contributed by atoms with Crippen molar-refractivity contribution >= 4 is 34.2 Å². The van der Waals surface area contributed by atoms with Crippen LogP contribution in [0.1, 0.15) is 22.7 Å². The standard InChI is InChI=1S/C15H15ClIN/c1-10-8-12(4-7-14(10)16)15(18)9-11-2-5-13(17)6-3-11/h2-8,15H,9,18H2,1H3. The molecule has 0 spiro atoms. The summed E-state index contributed by atoms with van der Waals surface area (Å²) in [6.07, 6.45) is 0.845. The number of halogens is 2. The maximum Gasteiger partial charge on any atom is 0.0435 e. The number of hydrogen-bond acceptors (Lipinski definition) is 1. The molecule has 1 nitrogen and oxygen atoms in total. The van der Waals surface area contributed by atoms with Gasteiger partial charge in [0.25, 0.3) is 0 Å². The maximum atomic E-state index is 6.24. The average molecular weight is 372 g/mol. The second kappa shape index (κ2) is 6.04. The first kappa shape index (κ1) is 13.8. The molecule has 2 aromatic carbocycles. The lowest BCUT2D eigenvalue weighted by Crippen LogP contribution is -2.13. The maximum absolute atomic E-state index is 6.24. The summed E-state index contributed by atoms with van der Waals surface area (Å²) in [5.74, 6) is 0. The quantitative estimate of drug-likeness (QED) is 0.790. The van der Waals surface area contributed by atoms with E-state index in [9.17, 15) is 0 Å². The molecular formula is C15H15ClIN. The molecule has 0 aliphatic heterocycles. The van der Waals surface area contributed by atoms with E-state index in [0.717, 1.165) is 22.6 Å². The van der Waals surface area contributed by atoms with E-state index < -0.39 is 0 Å². The normalized spacial score (nSPS) is 12.4. The third-order valence-electron chi connectivity index (χ3n) is 2.98. The van der Waals surface area contributed by atoms with Gasteiger partial charge in [0.15, 0.2) is 0 Å². The molecule has 0 radical (unpaired) electrons. The van der Waals surface area contributed by atoms with Crippen molar-refractivity contribution in [3.05, 3.63) is 67.7 Å². The fraction of sp³-hybridized carbons (Fsp3) is 0.200. The molecule has 3 heteroatoms. The monoisotopic (exact) mass is 371 g/mol. The summed E-state index contributed by atoms with van der Waals surface area (Å²) >= 11 is 8.33. The minimum absolute atomic E-state index is 0.0148. The minimum Gasteiger partial charge on any atom is -0.324 e. The van der Waals surface area contributed by atoms with E-state index in [1.165, 1.54) is 9.13 Å². The van der Waals surface area contributed by atoms with Crippen molar-refractivity contribution in [1.82, 2.24) is 0 Å². The van der Waals surface area contributed by atoms with Crippen molar-refractivity contribution in [2.24, 2.45) is 5.73 Å². The average Bonchev–Trinajstić information content (AvgIpc) is 2.35. The zero-order valence-corrected chi connectivity index (χ0v) is 13.1. The fourth-order valence-corrected chi connectivity index (χ4v) is 2.37. The van der Waals surface area contributed by atoms with Gasteiger partial charge >= 0.3 is 0 Å². The van der Waals surface area contributed by atoms with E-state index >= 15 is 0 Å². The Labute approximate surface area is 126 Å². The van der Waals surface area contributed by atoms with Gasteiger partial charge in [0.1, 0.15) is 0 Å². The number of hydrogen-bond donors (Lipinski definition) is 1. The van der Waals surface area contributed by atoms with Gasteiger partial charge in [-0.15, -0.1) is 0 Å². The molecule has 1 atom stereocenters. The van der Waals surface area contributed by atoms with E-state index in [0.29, 0.717) is 0 Å². The van der Waals surface area contributed by atoms with E-state index in [2.05, 4.69) is 52.9 Å². The van der Waals surface area contributed by atoms with Crippen LogP contribution < -0.4 is 5.73 Å². The first-order chi connectivity index (χ1) is 8.56. The highest BCUT2D eigenvalue weighted by Crippen LogP contribution is 2.22. The highest BCUT2D eigenvalue weighted by atomic mass is 127. The summed E-state index contributed by atoms with van der Waals surface area (Å²) in [4.78, 5) is 0. The van der Waals surface area contributed by atoms with Gasteiger partial charge in [-0.1, -0.05) is 35.9 Å². The Kier molecular flexibility index (Phi) is 4.65. The molecule has 0 aliphatic rings. The predicted molar refractivity (Wildman–Crippen MR) is 86.0 cm³/mol. The number of aryl methyl sites for hydroxylation is 1. The minimum atomic E-state index is 0.0148. The van der Waals surface area contributed by atoms with E-state index in [1.807, 2.05) is 19.1 Å². The Balaban J connectivity index is 2.13. The molecule has 0 aromatic heterocycles. The third kappa shape index (κ3) is 3.46. The fourth-order valence-electron chi connectivity index (χ4n) is 1.89. The van der Waals surface area contributed by atoms with Crippen LogP contribution >= 0.6 is 34.2 Å². The van der Waals surface area contributed by atoms with Gasteiger partial charge in [-0.25, -0.2) is 0 Å². The lowest BCUT2D eigenvalue weighted by molar-refractivity contribution is 0.721. The van der Waals surface area contributed by atoms with Crippen molar-refractivity contribution in [2.45, 2.75) is 19.4 Å². The molecule has 0 saturated carbocycles. The van der Waals surface area contributed by atoms with Gasteiger partial charge in [0, 0.05) is 14.6 Å². The zero-order chi connectivity index (χ0) is 13.1. The van der Waals surface area contributed by atoms with Gasteiger partial charge in [-0.2, -0.15) is 0 Å². The second-order valence-electron chi connectivity index (χ2n) is 4.45. The SMILES string of the molecule is Cc1cc(C(N)Cc2ccc(I)cc2)ccc1Cl. The molecule has 2 rings (SSSR count). The van der Waals surface area contributed by atoms with Crippen LogP contribution in [-0.4, -0.2) is 0 Å². The Hall–Kier alpha value is -0.580. The Morgan fingerprint density at radius 2 is 1.83 bits per heavy atom. The lowest BCUT2D eigenvalue weighted by Gasteiger charge is -2.13.